The number of aromatic hydroxyl groups is 1. The normalized spacial score (nSPS) is 17.8. The topological polar surface area (TPSA) is 77.8 Å². The second kappa shape index (κ2) is 7.88. The Morgan fingerprint density at radius 1 is 0.938 bits per heavy atom. The van der Waals surface area contributed by atoms with E-state index in [0.717, 1.165) is 29.2 Å². The molecule has 0 saturated carbocycles. The molecule has 0 bridgehead atoms. The van der Waals surface area contributed by atoms with Crippen molar-refractivity contribution in [1.29, 1.82) is 0 Å². The van der Waals surface area contributed by atoms with Crippen LogP contribution in [-0.4, -0.2) is 21.9 Å². The van der Waals surface area contributed by atoms with Crippen LogP contribution in [0.1, 0.15) is 22.7 Å². The van der Waals surface area contributed by atoms with Crippen molar-refractivity contribution < 1.29 is 33.0 Å². The number of carbonyl (C=O) groups is 2. The Morgan fingerprint density at radius 2 is 1.66 bits per heavy atom. The Labute approximate surface area is 180 Å². The number of aliphatic hydroxyl groups is 1. The number of aryl methyl sites for hydroxylation is 1. The molecule has 1 amide bonds. The van der Waals surface area contributed by atoms with Crippen LogP contribution in [0.5, 0.6) is 5.75 Å². The van der Waals surface area contributed by atoms with Gasteiger partial charge in [0.05, 0.1) is 17.3 Å². The second-order valence-electron chi connectivity index (χ2n) is 7.32. The lowest BCUT2D eigenvalue weighted by atomic mass is 9.94. The van der Waals surface area contributed by atoms with Gasteiger partial charge in [0.1, 0.15) is 29.0 Å². The van der Waals surface area contributed by atoms with Crippen LogP contribution in [0, 0.1) is 24.4 Å². The molecule has 162 valence electrons. The average Bonchev–Trinajstić information content (AvgIpc) is 3.02. The van der Waals surface area contributed by atoms with Gasteiger partial charge in [-0.2, -0.15) is 0 Å². The van der Waals surface area contributed by atoms with E-state index in [9.17, 15) is 33.0 Å². The molecular formula is C24H16F3NO4. The third-order valence-corrected chi connectivity index (χ3v) is 5.23. The van der Waals surface area contributed by atoms with Gasteiger partial charge in [-0.15, -0.1) is 0 Å². The van der Waals surface area contributed by atoms with Crippen molar-refractivity contribution in [1.82, 2.24) is 0 Å². The summed E-state index contributed by atoms with van der Waals surface area (Å²) in [5, 5.41) is 20.9. The standard InChI is InChI=1S/C24H16F3NO4/c1-12-9-14(5-7-17(12)26)22(30)20-21(13-3-2-4-16(29)10-13)28(24(32)23(20)31)19-11-15(25)6-8-18(19)27/h2-11,21,29-30H,1H3/b22-20+. The van der Waals surface area contributed by atoms with Gasteiger partial charge in [-0.1, -0.05) is 12.1 Å². The third kappa shape index (κ3) is 3.49. The molecule has 1 aliphatic rings. The summed E-state index contributed by atoms with van der Waals surface area (Å²) >= 11 is 0. The van der Waals surface area contributed by atoms with E-state index in [2.05, 4.69) is 0 Å². The summed E-state index contributed by atoms with van der Waals surface area (Å²) < 4.78 is 42.2. The highest BCUT2D eigenvalue weighted by molar-refractivity contribution is 6.51. The summed E-state index contributed by atoms with van der Waals surface area (Å²) in [6.07, 6.45) is 0. The largest absolute Gasteiger partial charge is 0.508 e. The maximum absolute atomic E-state index is 14.6. The Kier molecular flexibility index (Phi) is 5.22. The predicted molar refractivity (Wildman–Crippen MR) is 110 cm³/mol. The van der Waals surface area contributed by atoms with E-state index >= 15 is 0 Å². The number of anilines is 1. The molecule has 2 N–H and O–H groups in total. The molecule has 3 aromatic rings. The van der Waals surface area contributed by atoms with Crippen molar-refractivity contribution in [3.8, 4) is 5.75 Å². The second-order valence-corrected chi connectivity index (χ2v) is 7.32. The van der Waals surface area contributed by atoms with Gasteiger partial charge in [0.15, 0.2) is 0 Å². The van der Waals surface area contributed by atoms with Gasteiger partial charge in [-0.25, -0.2) is 13.2 Å². The molecule has 1 saturated heterocycles. The molecule has 1 unspecified atom stereocenters. The maximum Gasteiger partial charge on any atom is 0.300 e. The Hall–Kier alpha value is -4.07. The van der Waals surface area contributed by atoms with E-state index in [1.165, 1.54) is 43.3 Å². The molecule has 8 heteroatoms. The number of hydrogen-bond donors (Lipinski definition) is 2. The lowest BCUT2D eigenvalue weighted by Gasteiger charge is -2.26. The van der Waals surface area contributed by atoms with Gasteiger partial charge >= 0.3 is 0 Å². The number of ketones is 1. The molecule has 5 nitrogen and oxygen atoms in total. The van der Waals surface area contributed by atoms with Crippen LogP contribution < -0.4 is 4.90 Å². The minimum absolute atomic E-state index is 0.0618. The fourth-order valence-electron chi connectivity index (χ4n) is 3.71. The van der Waals surface area contributed by atoms with Crippen molar-refractivity contribution in [3.05, 3.63) is 100 Å². The van der Waals surface area contributed by atoms with Crippen LogP contribution >= 0.6 is 0 Å². The first-order valence-electron chi connectivity index (χ1n) is 9.50. The average molecular weight is 439 g/mol. The number of nitrogens with zero attached hydrogens (tertiary/aromatic N) is 1. The number of benzene rings is 3. The lowest BCUT2D eigenvalue weighted by Crippen LogP contribution is -2.30. The number of carbonyl (C=O) groups excluding carboxylic acids is 2. The number of phenols is 1. The summed E-state index contributed by atoms with van der Waals surface area (Å²) in [7, 11) is 0. The fourth-order valence-corrected chi connectivity index (χ4v) is 3.71. The first kappa shape index (κ1) is 21.2. The van der Waals surface area contributed by atoms with Crippen LogP contribution in [0.15, 0.2) is 66.2 Å². The van der Waals surface area contributed by atoms with Gasteiger partial charge in [-0.05, 0) is 60.5 Å². The van der Waals surface area contributed by atoms with E-state index in [0.29, 0.717) is 0 Å². The Balaban J connectivity index is 2.00. The number of halogens is 3. The molecule has 0 aliphatic carbocycles. The molecule has 1 heterocycles. The van der Waals surface area contributed by atoms with Gasteiger partial charge in [-0.3, -0.25) is 14.5 Å². The van der Waals surface area contributed by atoms with Crippen LogP contribution in [0.25, 0.3) is 5.76 Å². The molecule has 4 rings (SSSR count). The summed E-state index contributed by atoms with van der Waals surface area (Å²) in [4.78, 5) is 26.6. The molecule has 32 heavy (non-hydrogen) atoms. The molecule has 1 atom stereocenters. The number of rotatable bonds is 3. The van der Waals surface area contributed by atoms with Crippen LogP contribution in [0.4, 0.5) is 18.9 Å². The monoisotopic (exact) mass is 439 g/mol. The summed E-state index contributed by atoms with van der Waals surface area (Å²) in [6.45, 7) is 1.46. The van der Waals surface area contributed by atoms with E-state index in [-0.39, 0.29) is 22.4 Å². The van der Waals surface area contributed by atoms with Crippen molar-refractivity contribution in [3.63, 3.8) is 0 Å². The SMILES string of the molecule is Cc1cc(/C(O)=C2\C(=O)C(=O)N(c3cc(F)ccc3F)C2c2cccc(O)c2)ccc1F. The minimum Gasteiger partial charge on any atom is -0.508 e. The fraction of sp³-hybridized carbons (Fsp3) is 0.0833. The van der Waals surface area contributed by atoms with Gasteiger partial charge in [0, 0.05) is 11.6 Å². The van der Waals surface area contributed by atoms with Crippen molar-refractivity contribution in [2.75, 3.05) is 4.90 Å². The summed E-state index contributed by atoms with van der Waals surface area (Å²) in [6, 6.07) is 10.2. The highest BCUT2D eigenvalue weighted by Gasteiger charge is 2.48. The zero-order chi connectivity index (χ0) is 23.2. The molecule has 0 radical (unpaired) electrons. The summed E-state index contributed by atoms with van der Waals surface area (Å²) in [5.41, 5.74) is -0.488. The first-order valence-corrected chi connectivity index (χ1v) is 9.50. The van der Waals surface area contributed by atoms with Crippen molar-refractivity contribution in [2.24, 2.45) is 0 Å². The molecule has 3 aromatic carbocycles. The van der Waals surface area contributed by atoms with E-state index in [1.807, 2.05) is 0 Å². The quantitative estimate of drug-likeness (QED) is 0.351. The van der Waals surface area contributed by atoms with Crippen molar-refractivity contribution in [2.45, 2.75) is 13.0 Å². The first-order chi connectivity index (χ1) is 15.2. The van der Waals surface area contributed by atoms with E-state index in [4.69, 9.17) is 0 Å². The van der Waals surface area contributed by atoms with Gasteiger partial charge in [0.2, 0.25) is 0 Å². The van der Waals surface area contributed by atoms with Gasteiger partial charge in [0.25, 0.3) is 11.7 Å². The van der Waals surface area contributed by atoms with E-state index in [1.54, 1.807) is 0 Å². The van der Waals surface area contributed by atoms with Crippen LogP contribution in [0.3, 0.4) is 0 Å². The zero-order valence-electron chi connectivity index (χ0n) is 16.6. The third-order valence-electron chi connectivity index (χ3n) is 5.23. The molecule has 1 aliphatic heterocycles. The molecule has 1 fully saturated rings. The zero-order valence-corrected chi connectivity index (χ0v) is 16.6. The number of Topliss-reactive ketones (excluding diaryl/α,β-unsaturated/α-hetero) is 1. The number of amides is 1. The highest BCUT2D eigenvalue weighted by atomic mass is 19.1. The smallest absolute Gasteiger partial charge is 0.300 e. The number of aliphatic hydroxyl groups excluding tert-OH is 1. The van der Waals surface area contributed by atoms with Crippen LogP contribution in [0.2, 0.25) is 0 Å². The lowest BCUT2D eigenvalue weighted by molar-refractivity contribution is -0.132. The maximum atomic E-state index is 14.6. The van der Waals surface area contributed by atoms with Crippen LogP contribution in [-0.2, 0) is 9.59 Å². The highest BCUT2D eigenvalue weighted by Crippen LogP contribution is 2.43. The van der Waals surface area contributed by atoms with Crippen molar-refractivity contribution >= 4 is 23.1 Å². The van der Waals surface area contributed by atoms with E-state index < -0.39 is 52.2 Å². The summed E-state index contributed by atoms with van der Waals surface area (Å²) in [5.74, 6) is -5.48. The predicted octanol–water partition coefficient (Wildman–Crippen LogP) is 4.74. The molecule has 0 spiro atoms. The molecular weight excluding hydrogens is 423 g/mol. The van der Waals surface area contributed by atoms with Gasteiger partial charge < -0.3 is 10.2 Å². The number of phenolic OH excluding ortho intramolecular Hbond substituents is 1. The Bertz CT molecular complexity index is 1300. The Morgan fingerprint density at radius 3 is 2.34 bits per heavy atom. The minimum atomic E-state index is -1.37. The number of hydrogen-bond acceptors (Lipinski definition) is 4. The molecule has 0 aromatic heterocycles.